The van der Waals surface area contributed by atoms with Crippen LogP contribution in [0.1, 0.15) is 18.2 Å². The zero-order valence-electron chi connectivity index (χ0n) is 7.92. The van der Waals surface area contributed by atoms with Crippen molar-refractivity contribution in [3.63, 3.8) is 0 Å². The van der Waals surface area contributed by atoms with E-state index in [1.165, 1.54) is 0 Å². The van der Waals surface area contributed by atoms with Crippen molar-refractivity contribution < 1.29 is 0 Å². The van der Waals surface area contributed by atoms with Crippen LogP contribution in [0.2, 0.25) is 5.15 Å². The van der Waals surface area contributed by atoms with Gasteiger partial charge in [-0.3, -0.25) is 0 Å². The Labute approximate surface area is 97.2 Å². The van der Waals surface area contributed by atoms with Crippen molar-refractivity contribution in [3.05, 3.63) is 16.4 Å². The van der Waals surface area contributed by atoms with Crippen molar-refractivity contribution in [1.82, 2.24) is 9.97 Å². The Kier molecular flexibility index (Phi) is 3.57. The van der Waals surface area contributed by atoms with E-state index < -0.39 is 0 Å². The highest BCUT2D eigenvalue weighted by atomic mass is 35.5. The van der Waals surface area contributed by atoms with Gasteiger partial charge >= 0.3 is 0 Å². The Morgan fingerprint density at radius 2 is 2.36 bits per heavy atom. The third kappa shape index (κ3) is 2.18. The Hall–Kier alpha value is 0.0700. The molecule has 0 N–H and O–H groups in total. The number of aromatic nitrogens is 2. The fourth-order valence-electron chi connectivity index (χ4n) is 1.36. The van der Waals surface area contributed by atoms with E-state index in [4.69, 9.17) is 11.6 Å². The molecule has 2 heterocycles. The monoisotopic (exact) mass is 246 g/mol. The summed E-state index contributed by atoms with van der Waals surface area (Å²) in [6, 6.07) is 0. The topological polar surface area (TPSA) is 25.8 Å². The van der Waals surface area contributed by atoms with Crippen LogP contribution in [0.5, 0.6) is 0 Å². The molecule has 2 nitrogen and oxygen atoms in total. The van der Waals surface area contributed by atoms with Gasteiger partial charge in [0.15, 0.2) is 5.16 Å². The van der Waals surface area contributed by atoms with Gasteiger partial charge in [0.1, 0.15) is 5.15 Å². The van der Waals surface area contributed by atoms with Crippen molar-refractivity contribution in [3.8, 4) is 0 Å². The van der Waals surface area contributed by atoms with Crippen LogP contribution in [-0.4, -0.2) is 21.5 Å². The normalized spacial score (nSPS) is 15.3. The van der Waals surface area contributed by atoms with Crippen LogP contribution < -0.4 is 0 Å². The second kappa shape index (κ2) is 4.73. The summed E-state index contributed by atoms with van der Waals surface area (Å²) in [5.74, 6) is 3.10. The molecule has 0 saturated heterocycles. The lowest BCUT2D eigenvalue weighted by Gasteiger charge is -2.15. The molecular weight excluding hydrogens is 236 g/mol. The van der Waals surface area contributed by atoms with E-state index in [-0.39, 0.29) is 0 Å². The van der Waals surface area contributed by atoms with Gasteiger partial charge in [0.2, 0.25) is 0 Å². The largest absolute Gasteiger partial charge is 0.227 e. The molecule has 5 heteroatoms. The summed E-state index contributed by atoms with van der Waals surface area (Å²) in [6.45, 7) is 2.09. The first kappa shape index (κ1) is 10.6. The minimum atomic E-state index is 0.651. The maximum atomic E-state index is 6.11. The van der Waals surface area contributed by atoms with Gasteiger partial charge in [-0.05, 0) is 17.9 Å². The van der Waals surface area contributed by atoms with E-state index in [0.717, 1.165) is 40.1 Å². The number of rotatable bonds is 2. The first-order valence-corrected chi connectivity index (χ1v) is 7.09. The lowest BCUT2D eigenvalue weighted by molar-refractivity contribution is 0.862. The standard InChI is InChI=1S/C9H11ClN2S2/c1-2-14-9-11-7-3-4-13-5-6(7)8(10)12-9/h2-5H2,1H3. The molecule has 2 rings (SSSR count). The quantitative estimate of drug-likeness (QED) is 0.455. The minimum Gasteiger partial charge on any atom is -0.227 e. The second-order valence-corrected chi connectivity index (χ2v) is 5.65. The van der Waals surface area contributed by atoms with Crippen LogP contribution >= 0.6 is 35.1 Å². The average molecular weight is 247 g/mol. The van der Waals surface area contributed by atoms with Crippen LogP contribution in [0.15, 0.2) is 5.16 Å². The maximum absolute atomic E-state index is 6.11. The summed E-state index contributed by atoms with van der Waals surface area (Å²) in [6.07, 6.45) is 1.03. The minimum absolute atomic E-state index is 0.651. The molecule has 0 unspecified atom stereocenters. The number of halogens is 1. The van der Waals surface area contributed by atoms with Gasteiger partial charge in [0, 0.05) is 11.3 Å². The number of aryl methyl sites for hydroxylation is 1. The molecule has 76 valence electrons. The molecule has 1 aliphatic rings. The molecule has 0 amide bonds. The number of fused-ring (bicyclic) bond motifs is 1. The smallest absolute Gasteiger partial charge is 0.189 e. The van der Waals surface area contributed by atoms with Gasteiger partial charge in [-0.2, -0.15) is 11.8 Å². The molecule has 0 aliphatic carbocycles. The molecule has 0 aromatic carbocycles. The van der Waals surface area contributed by atoms with E-state index in [2.05, 4.69) is 16.9 Å². The third-order valence-electron chi connectivity index (χ3n) is 2.02. The molecule has 1 aromatic rings. The van der Waals surface area contributed by atoms with E-state index >= 15 is 0 Å². The summed E-state index contributed by atoms with van der Waals surface area (Å²) in [5.41, 5.74) is 2.29. The molecule has 0 radical (unpaired) electrons. The Balaban J connectivity index is 2.36. The fourth-order valence-corrected chi connectivity index (χ4v) is 3.33. The summed E-state index contributed by atoms with van der Waals surface area (Å²) < 4.78 is 0. The van der Waals surface area contributed by atoms with E-state index in [9.17, 15) is 0 Å². The summed E-state index contributed by atoms with van der Waals surface area (Å²) in [7, 11) is 0. The number of hydrogen-bond acceptors (Lipinski definition) is 4. The van der Waals surface area contributed by atoms with Gasteiger partial charge in [-0.15, -0.1) is 0 Å². The highest BCUT2D eigenvalue weighted by molar-refractivity contribution is 7.99. The van der Waals surface area contributed by atoms with E-state index in [0.29, 0.717) is 5.15 Å². The molecular formula is C9H11ClN2S2. The Morgan fingerprint density at radius 3 is 3.14 bits per heavy atom. The molecule has 0 saturated carbocycles. The molecule has 0 spiro atoms. The van der Waals surface area contributed by atoms with Crippen LogP contribution in [0.25, 0.3) is 0 Å². The van der Waals surface area contributed by atoms with Gasteiger partial charge in [0.05, 0.1) is 5.69 Å². The molecule has 14 heavy (non-hydrogen) atoms. The number of thioether (sulfide) groups is 2. The van der Waals surface area contributed by atoms with Crippen molar-refractivity contribution in [2.45, 2.75) is 24.3 Å². The highest BCUT2D eigenvalue weighted by Gasteiger charge is 2.16. The van der Waals surface area contributed by atoms with Crippen LogP contribution in [-0.2, 0) is 12.2 Å². The SMILES string of the molecule is CCSc1nc(Cl)c2c(n1)CCSC2. The summed E-state index contributed by atoms with van der Waals surface area (Å²) >= 11 is 9.65. The summed E-state index contributed by atoms with van der Waals surface area (Å²) in [5, 5.41) is 1.47. The van der Waals surface area contributed by atoms with Crippen molar-refractivity contribution in [2.24, 2.45) is 0 Å². The molecule has 1 aliphatic heterocycles. The van der Waals surface area contributed by atoms with Gasteiger partial charge in [-0.1, -0.05) is 30.3 Å². The molecule has 0 atom stereocenters. The average Bonchev–Trinajstić information content (AvgIpc) is 2.18. The second-order valence-electron chi connectivity index (χ2n) is 2.96. The van der Waals surface area contributed by atoms with Crippen LogP contribution in [0.4, 0.5) is 0 Å². The first-order valence-electron chi connectivity index (χ1n) is 4.57. The lowest BCUT2D eigenvalue weighted by Crippen LogP contribution is -2.08. The van der Waals surface area contributed by atoms with Crippen LogP contribution in [0, 0.1) is 0 Å². The molecule has 1 aromatic heterocycles. The highest BCUT2D eigenvalue weighted by Crippen LogP contribution is 2.29. The number of nitrogens with zero attached hydrogens (tertiary/aromatic N) is 2. The third-order valence-corrected chi connectivity index (χ3v) is 4.05. The van der Waals surface area contributed by atoms with Crippen molar-refractivity contribution in [2.75, 3.05) is 11.5 Å². The lowest BCUT2D eigenvalue weighted by atomic mass is 10.2. The fraction of sp³-hybridized carbons (Fsp3) is 0.556. The van der Waals surface area contributed by atoms with Gasteiger partial charge in [-0.25, -0.2) is 9.97 Å². The van der Waals surface area contributed by atoms with Gasteiger partial charge in [0.25, 0.3) is 0 Å². The zero-order chi connectivity index (χ0) is 9.97. The zero-order valence-corrected chi connectivity index (χ0v) is 10.3. The number of hydrogen-bond donors (Lipinski definition) is 0. The predicted molar refractivity (Wildman–Crippen MR) is 63.3 cm³/mol. The summed E-state index contributed by atoms with van der Waals surface area (Å²) in [4.78, 5) is 8.80. The predicted octanol–water partition coefficient (Wildman–Crippen LogP) is 3.03. The van der Waals surface area contributed by atoms with Crippen molar-refractivity contribution in [1.29, 1.82) is 0 Å². The Morgan fingerprint density at radius 1 is 1.50 bits per heavy atom. The molecule has 0 bridgehead atoms. The van der Waals surface area contributed by atoms with Crippen molar-refractivity contribution >= 4 is 35.1 Å². The van der Waals surface area contributed by atoms with E-state index in [1.807, 2.05) is 11.8 Å². The molecule has 0 fully saturated rings. The van der Waals surface area contributed by atoms with Gasteiger partial charge < -0.3 is 0 Å². The first-order chi connectivity index (χ1) is 6.81. The Bertz CT molecular complexity index is 344. The maximum Gasteiger partial charge on any atom is 0.189 e. The van der Waals surface area contributed by atoms with E-state index in [1.54, 1.807) is 11.8 Å². The van der Waals surface area contributed by atoms with Crippen LogP contribution in [0.3, 0.4) is 0 Å².